The van der Waals surface area contributed by atoms with Crippen LogP contribution in [0.25, 0.3) is 11.6 Å². The van der Waals surface area contributed by atoms with Gasteiger partial charge in [0.1, 0.15) is 12.4 Å². The Morgan fingerprint density at radius 2 is 2.11 bits per heavy atom. The number of methoxy groups -OCH3 is 1. The van der Waals surface area contributed by atoms with Gasteiger partial charge in [0.2, 0.25) is 0 Å². The van der Waals surface area contributed by atoms with Crippen LogP contribution >= 0.6 is 11.6 Å². The van der Waals surface area contributed by atoms with Crippen molar-refractivity contribution in [3.63, 3.8) is 0 Å². The molecule has 0 aliphatic heterocycles. The van der Waals surface area contributed by atoms with Gasteiger partial charge in [-0.2, -0.15) is 5.26 Å². The van der Waals surface area contributed by atoms with Crippen LogP contribution in [-0.2, 0) is 4.74 Å². The summed E-state index contributed by atoms with van der Waals surface area (Å²) in [5.41, 5.74) is 3.40. The number of halogens is 1. The molecule has 1 amide bonds. The second-order valence-corrected chi connectivity index (χ2v) is 6.06. The Hall–Kier alpha value is -3.17. The highest BCUT2D eigenvalue weighted by Gasteiger charge is 2.10. The van der Waals surface area contributed by atoms with Gasteiger partial charge in [-0.25, -0.2) is 4.79 Å². The number of hydrogen-bond acceptors (Lipinski definition) is 5. The Morgan fingerprint density at radius 1 is 1.29 bits per heavy atom. The van der Waals surface area contributed by atoms with Gasteiger partial charge >= 0.3 is 6.09 Å². The number of ether oxygens (including phenoxy) is 2. The van der Waals surface area contributed by atoms with Crippen molar-refractivity contribution >= 4 is 40.7 Å². The molecule has 2 aromatic rings. The lowest BCUT2D eigenvalue weighted by Crippen LogP contribution is -2.14. The quantitative estimate of drug-likeness (QED) is 0.371. The molecule has 0 radical (unpaired) electrons. The van der Waals surface area contributed by atoms with Crippen LogP contribution in [0.2, 0.25) is 0 Å². The third kappa shape index (κ3) is 5.93. The standard InChI is InChI=1S/C21H22ClN3O3/c1-3-24-20-13-18(27-2)7-8-19(20)16(14-23)11-15-5-4-6-17(12-15)25-21(26)28-10-9-22/h4-8,11-13,24H,3,9-10H2,1-2H3,(H,25,26)/b16-11+. The van der Waals surface area contributed by atoms with Crippen molar-refractivity contribution in [1.29, 1.82) is 5.26 Å². The molecule has 0 aliphatic carbocycles. The minimum atomic E-state index is -0.577. The highest BCUT2D eigenvalue weighted by molar-refractivity contribution is 6.18. The van der Waals surface area contributed by atoms with E-state index in [0.29, 0.717) is 23.6 Å². The summed E-state index contributed by atoms with van der Waals surface area (Å²) in [4.78, 5) is 11.7. The monoisotopic (exact) mass is 399 g/mol. The molecule has 2 N–H and O–H groups in total. The zero-order valence-corrected chi connectivity index (χ0v) is 16.5. The maximum Gasteiger partial charge on any atom is 0.411 e. The van der Waals surface area contributed by atoms with Crippen LogP contribution in [0, 0.1) is 11.3 Å². The fourth-order valence-electron chi connectivity index (χ4n) is 2.55. The maximum atomic E-state index is 11.7. The molecule has 0 heterocycles. The molecule has 146 valence electrons. The molecule has 28 heavy (non-hydrogen) atoms. The van der Waals surface area contributed by atoms with Gasteiger partial charge < -0.3 is 14.8 Å². The van der Waals surface area contributed by atoms with E-state index in [9.17, 15) is 10.1 Å². The van der Waals surface area contributed by atoms with E-state index >= 15 is 0 Å². The molecule has 0 bridgehead atoms. The van der Waals surface area contributed by atoms with Crippen LogP contribution in [0.5, 0.6) is 5.75 Å². The highest BCUT2D eigenvalue weighted by Crippen LogP contribution is 2.29. The average Bonchev–Trinajstić information content (AvgIpc) is 2.71. The first kappa shape index (κ1) is 21.1. The highest BCUT2D eigenvalue weighted by atomic mass is 35.5. The molecule has 0 aliphatic rings. The maximum absolute atomic E-state index is 11.7. The third-order valence-corrected chi connectivity index (χ3v) is 3.91. The predicted octanol–water partition coefficient (Wildman–Crippen LogP) is 4.98. The molecular formula is C21H22ClN3O3. The summed E-state index contributed by atoms with van der Waals surface area (Å²) in [6.07, 6.45) is 1.18. The smallest absolute Gasteiger partial charge is 0.411 e. The molecule has 0 unspecified atom stereocenters. The van der Waals surface area contributed by atoms with Crippen LogP contribution in [0.4, 0.5) is 16.2 Å². The molecule has 0 aromatic heterocycles. The minimum absolute atomic E-state index is 0.135. The minimum Gasteiger partial charge on any atom is -0.497 e. The number of allylic oxidation sites excluding steroid dienone is 1. The van der Waals surface area contributed by atoms with E-state index in [4.69, 9.17) is 21.1 Å². The summed E-state index contributed by atoms with van der Waals surface area (Å²) in [5.74, 6) is 0.941. The SMILES string of the molecule is CCNc1cc(OC)ccc1/C(C#N)=C/c1cccc(NC(=O)OCCCl)c1. The van der Waals surface area contributed by atoms with Crippen LogP contribution in [0.1, 0.15) is 18.1 Å². The number of hydrogen-bond donors (Lipinski definition) is 2. The van der Waals surface area contributed by atoms with Crippen molar-refractivity contribution in [3.8, 4) is 11.8 Å². The van der Waals surface area contributed by atoms with Gasteiger partial charge in [0.25, 0.3) is 0 Å². The van der Waals surface area contributed by atoms with Crippen molar-refractivity contribution < 1.29 is 14.3 Å². The number of anilines is 2. The van der Waals surface area contributed by atoms with E-state index < -0.39 is 6.09 Å². The van der Waals surface area contributed by atoms with Gasteiger partial charge in [0.15, 0.2) is 0 Å². The number of rotatable bonds is 8. The lowest BCUT2D eigenvalue weighted by molar-refractivity contribution is 0.168. The topological polar surface area (TPSA) is 83.4 Å². The summed E-state index contributed by atoms with van der Waals surface area (Å²) in [7, 11) is 1.60. The number of amides is 1. The lowest BCUT2D eigenvalue weighted by atomic mass is 10.0. The summed E-state index contributed by atoms with van der Waals surface area (Å²) in [6, 6.07) is 14.9. The van der Waals surface area contributed by atoms with E-state index in [-0.39, 0.29) is 12.5 Å². The van der Waals surface area contributed by atoms with E-state index in [1.165, 1.54) is 0 Å². The molecule has 7 heteroatoms. The van der Waals surface area contributed by atoms with Crippen molar-refractivity contribution in [2.75, 3.05) is 36.8 Å². The largest absolute Gasteiger partial charge is 0.497 e. The Balaban J connectivity index is 2.31. The Kier molecular flexibility index (Phi) is 8.19. The number of nitrogens with one attached hydrogen (secondary N) is 2. The molecule has 0 atom stereocenters. The first-order chi connectivity index (χ1) is 13.6. The molecular weight excluding hydrogens is 378 g/mol. The van der Waals surface area contributed by atoms with Crippen LogP contribution in [0.3, 0.4) is 0 Å². The predicted molar refractivity (Wildman–Crippen MR) is 113 cm³/mol. The Labute approximate surface area is 169 Å². The first-order valence-corrected chi connectivity index (χ1v) is 9.28. The molecule has 0 spiro atoms. The van der Waals surface area contributed by atoms with Crippen molar-refractivity contribution in [2.24, 2.45) is 0 Å². The molecule has 6 nitrogen and oxygen atoms in total. The van der Waals surface area contributed by atoms with Crippen molar-refractivity contribution in [3.05, 3.63) is 53.6 Å². The van der Waals surface area contributed by atoms with Gasteiger partial charge in [-0.1, -0.05) is 12.1 Å². The van der Waals surface area contributed by atoms with E-state index in [0.717, 1.165) is 16.8 Å². The summed E-state index contributed by atoms with van der Waals surface area (Å²) < 4.78 is 10.2. The fraction of sp³-hybridized carbons (Fsp3) is 0.238. The van der Waals surface area contributed by atoms with Crippen LogP contribution in [0.15, 0.2) is 42.5 Å². The molecule has 0 saturated heterocycles. The molecule has 0 saturated carbocycles. The van der Waals surface area contributed by atoms with Gasteiger partial charge in [0.05, 0.1) is 24.6 Å². The Morgan fingerprint density at radius 3 is 2.79 bits per heavy atom. The van der Waals surface area contributed by atoms with Crippen molar-refractivity contribution in [1.82, 2.24) is 0 Å². The van der Waals surface area contributed by atoms with E-state index in [2.05, 4.69) is 16.7 Å². The van der Waals surface area contributed by atoms with Crippen LogP contribution < -0.4 is 15.4 Å². The van der Waals surface area contributed by atoms with Gasteiger partial charge in [0, 0.05) is 29.5 Å². The van der Waals surface area contributed by atoms with Gasteiger partial charge in [-0.05, 0) is 42.8 Å². The normalized spacial score (nSPS) is 10.7. The van der Waals surface area contributed by atoms with E-state index in [1.807, 2.05) is 31.2 Å². The summed E-state index contributed by atoms with van der Waals surface area (Å²) in [6.45, 7) is 2.83. The number of nitrogens with zero attached hydrogens (tertiary/aromatic N) is 1. The first-order valence-electron chi connectivity index (χ1n) is 8.75. The number of carbonyl (C=O) groups excluding carboxylic acids is 1. The summed E-state index contributed by atoms with van der Waals surface area (Å²) >= 11 is 5.50. The lowest BCUT2D eigenvalue weighted by Gasteiger charge is -2.12. The average molecular weight is 400 g/mol. The molecule has 2 aromatic carbocycles. The Bertz CT molecular complexity index is 891. The van der Waals surface area contributed by atoms with Crippen molar-refractivity contribution in [2.45, 2.75) is 6.92 Å². The zero-order chi connectivity index (χ0) is 20.4. The number of alkyl halides is 1. The second kappa shape index (κ2) is 10.9. The fourth-order valence-corrected chi connectivity index (χ4v) is 2.63. The van der Waals surface area contributed by atoms with Gasteiger partial charge in [-0.3, -0.25) is 5.32 Å². The molecule has 2 rings (SSSR count). The number of carbonyl (C=O) groups is 1. The molecule has 0 fully saturated rings. The van der Waals surface area contributed by atoms with Gasteiger partial charge in [-0.15, -0.1) is 11.6 Å². The van der Waals surface area contributed by atoms with Crippen LogP contribution in [-0.4, -0.2) is 32.2 Å². The number of nitriles is 1. The van der Waals surface area contributed by atoms with E-state index in [1.54, 1.807) is 31.4 Å². The third-order valence-electron chi connectivity index (χ3n) is 3.76. The summed E-state index contributed by atoms with van der Waals surface area (Å²) in [5, 5.41) is 15.6. The number of benzene rings is 2. The zero-order valence-electron chi connectivity index (χ0n) is 15.8. The second-order valence-electron chi connectivity index (χ2n) is 5.69.